The van der Waals surface area contributed by atoms with Crippen LogP contribution in [0.2, 0.25) is 0 Å². The molecule has 0 spiro atoms. The number of likely N-dealkylation sites (tertiary alicyclic amines) is 1. The molecule has 3 aromatic rings. The minimum Gasteiger partial charge on any atom is -0.486 e. The van der Waals surface area contributed by atoms with Crippen LogP contribution in [0.25, 0.3) is 11.4 Å². The van der Waals surface area contributed by atoms with Gasteiger partial charge in [-0.05, 0) is 55.5 Å². The predicted octanol–water partition coefficient (Wildman–Crippen LogP) is 3.76. The van der Waals surface area contributed by atoms with E-state index in [1.807, 2.05) is 18.2 Å². The van der Waals surface area contributed by atoms with E-state index >= 15 is 0 Å². The summed E-state index contributed by atoms with van der Waals surface area (Å²) in [7, 11) is 0. The average molecular weight is 611 g/mol. The van der Waals surface area contributed by atoms with Crippen molar-refractivity contribution in [2.75, 3.05) is 62.7 Å². The third kappa shape index (κ3) is 6.83. The molecule has 3 saturated heterocycles. The Hall–Kier alpha value is -4.78. The van der Waals surface area contributed by atoms with Gasteiger partial charge in [-0.25, -0.2) is 14.4 Å². The van der Waals surface area contributed by atoms with Gasteiger partial charge in [-0.1, -0.05) is 0 Å². The Morgan fingerprint density at radius 1 is 1.09 bits per heavy atom. The van der Waals surface area contributed by atoms with E-state index in [1.54, 1.807) is 30.5 Å². The normalized spacial score (nSPS) is 21.2. The molecule has 0 saturated carbocycles. The number of nitrogens with zero attached hydrogens (tertiary/aromatic N) is 7. The maximum absolute atomic E-state index is 15.0. The van der Waals surface area contributed by atoms with Gasteiger partial charge in [-0.2, -0.15) is 10.5 Å². The van der Waals surface area contributed by atoms with Gasteiger partial charge in [0.1, 0.15) is 29.7 Å². The van der Waals surface area contributed by atoms with E-state index in [-0.39, 0.29) is 36.7 Å². The predicted molar refractivity (Wildman–Crippen MR) is 166 cm³/mol. The molecule has 6 rings (SSSR count). The fourth-order valence-electron chi connectivity index (χ4n) is 5.82. The lowest BCUT2D eigenvalue weighted by molar-refractivity contribution is -0.137. The molecule has 3 aliphatic heterocycles. The molecule has 232 valence electrons. The van der Waals surface area contributed by atoms with Crippen molar-refractivity contribution in [1.82, 2.24) is 19.8 Å². The number of piperidine rings is 1. The Morgan fingerprint density at radius 2 is 1.87 bits per heavy atom. The van der Waals surface area contributed by atoms with Crippen LogP contribution in [0.5, 0.6) is 5.75 Å². The van der Waals surface area contributed by atoms with Crippen LogP contribution in [-0.2, 0) is 9.53 Å². The van der Waals surface area contributed by atoms with Crippen LogP contribution in [0.15, 0.2) is 54.7 Å². The highest BCUT2D eigenvalue weighted by atomic mass is 19.1. The van der Waals surface area contributed by atoms with Crippen LogP contribution in [-0.4, -0.2) is 96.5 Å². The van der Waals surface area contributed by atoms with Gasteiger partial charge in [0.2, 0.25) is 5.91 Å². The van der Waals surface area contributed by atoms with Crippen molar-refractivity contribution in [3.8, 4) is 29.3 Å². The summed E-state index contributed by atoms with van der Waals surface area (Å²) >= 11 is 0. The number of hydrogen-bond acceptors (Lipinski definition) is 10. The van der Waals surface area contributed by atoms with E-state index in [0.29, 0.717) is 23.2 Å². The first kappa shape index (κ1) is 30.3. The van der Waals surface area contributed by atoms with Gasteiger partial charge < -0.3 is 24.6 Å². The van der Waals surface area contributed by atoms with Gasteiger partial charge in [0.05, 0.1) is 37.4 Å². The summed E-state index contributed by atoms with van der Waals surface area (Å²) in [5.74, 6) is 0.0745. The largest absolute Gasteiger partial charge is 0.486 e. The summed E-state index contributed by atoms with van der Waals surface area (Å²) in [5.41, 5.74) is 2.93. The van der Waals surface area contributed by atoms with Crippen LogP contribution in [0.1, 0.15) is 18.9 Å². The lowest BCUT2D eigenvalue weighted by Crippen LogP contribution is -2.56. The highest BCUT2D eigenvalue weighted by Crippen LogP contribution is 2.29. The van der Waals surface area contributed by atoms with Crippen LogP contribution >= 0.6 is 0 Å². The quantitative estimate of drug-likeness (QED) is 0.402. The molecule has 12 heteroatoms. The molecule has 11 nitrogen and oxygen atoms in total. The second kappa shape index (κ2) is 13.5. The highest BCUT2D eigenvalue weighted by molar-refractivity contribution is 5.81. The number of nitrogens with one attached hydrogen (secondary N) is 1. The van der Waals surface area contributed by atoms with Gasteiger partial charge in [0.25, 0.3) is 0 Å². The first-order valence-corrected chi connectivity index (χ1v) is 15.2. The van der Waals surface area contributed by atoms with Crippen molar-refractivity contribution in [3.63, 3.8) is 0 Å². The Labute approximate surface area is 261 Å². The first-order chi connectivity index (χ1) is 21.9. The molecule has 2 aromatic carbocycles. The number of benzene rings is 2. The highest BCUT2D eigenvalue weighted by Gasteiger charge is 2.35. The molecular formula is C33H35FN8O3. The number of rotatable bonds is 8. The zero-order valence-corrected chi connectivity index (χ0v) is 25.1. The third-order valence-electron chi connectivity index (χ3n) is 8.61. The number of carbonyl (C=O) groups excluding carboxylic acids is 1. The molecule has 3 atom stereocenters. The lowest BCUT2D eigenvalue weighted by atomic mass is 10.0. The monoisotopic (exact) mass is 610 g/mol. The first-order valence-electron chi connectivity index (χ1n) is 15.2. The topological polar surface area (TPSA) is 131 Å². The van der Waals surface area contributed by atoms with E-state index in [1.165, 1.54) is 17.5 Å². The molecule has 0 radical (unpaired) electrons. The second-order valence-electron chi connectivity index (χ2n) is 11.6. The molecule has 1 aromatic heterocycles. The summed E-state index contributed by atoms with van der Waals surface area (Å²) in [6, 6.07) is 19.7. The Bertz CT molecular complexity index is 1590. The number of hydrogen-bond donors (Lipinski definition) is 1. The van der Waals surface area contributed by atoms with Crippen LogP contribution in [0.4, 0.5) is 21.6 Å². The minimum absolute atomic E-state index is 0.153. The van der Waals surface area contributed by atoms with Gasteiger partial charge in [-0.15, -0.1) is 0 Å². The summed E-state index contributed by atoms with van der Waals surface area (Å²) in [6.07, 6.45) is -0.357. The zero-order valence-electron chi connectivity index (χ0n) is 25.1. The number of anilines is 3. The number of piperazine rings is 1. The molecular weight excluding hydrogens is 575 g/mol. The van der Waals surface area contributed by atoms with Crippen molar-refractivity contribution in [2.45, 2.75) is 31.7 Å². The average Bonchev–Trinajstić information content (AvgIpc) is 3.05. The number of amides is 1. The van der Waals surface area contributed by atoms with Crippen molar-refractivity contribution < 1.29 is 18.7 Å². The van der Waals surface area contributed by atoms with E-state index in [2.05, 4.69) is 43.3 Å². The number of aromatic nitrogens is 2. The Kier molecular flexibility index (Phi) is 9.06. The van der Waals surface area contributed by atoms with Gasteiger partial charge in [0.15, 0.2) is 12.0 Å². The number of alkyl halides is 1. The van der Waals surface area contributed by atoms with Crippen LogP contribution < -0.4 is 15.0 Å². The molecule has 1 unspecified atom stereocenters. The van der Waals surface area contributed by atoms with E-state index < -0.39 is 18.2 Å². The zero-order chi connectivity index (χ0) is 31.3. The summed E-state index contributed by atoms with van der Waals surface area (Å²) < 4.78 is 26.2. The van der Waals surface area contributed by atoms with Crippen molar-refractivity contribution in [3.05, 3.63) is 60.3 Å². The SMILES string of the molecule is CC(C#N)C(=O)N1CC[C@H](Oc2ccc(-c3nccc(Nc4ccc(N5CCN(C6COC6)CC5)cc4)n3)cc2C#N)[C@H](F)C1. The van der Waals surface area contributed by atoms with Crippen LogP contribution in [0.3, 0.4) is 0 Å². The molecule has 3 fully saturated rings. The second-order valence-corrected chi connectivity index (χ2v) is 11.6. The maximum Gasteiger partial charge on any atom is 0.239 e. The van der Waals surface area contributed by atoms with Crippen molar-refractivity contribution in [1.29, 1.82) is 10.5 Å². The van der Waals surface area contributed by atoms with Gasteiger partial charge in [-0.3, -0.25) is 9.69 Å². The fraction of sp³-hybridized carbons (Fsp3) is 0.424. The van der Waals surface area contributed by atoms with Gasteiger partial charge >= 0.3 is 0 Å². The third-order valence-corrected chi connectivity index (χ3v) is 8.61. The van der Waals surface area contributed by atoms with Crippen molar-refractivity contribution >= 4 is 23.1 Å². The molecule has 0 aliphatic carbocycles. The fourth-order valence-corrected chi connectivity index (χ4v) is 5.82. The van der Waals surface area contributed by atoms with Crippen LogP contribution in [0, 0.1) is 28.6 Å². The molecule has 0 bridgehead atoms. The van der Waals surface area contributed by atoms with Gasteiger partial charge in [0, 0.05) is 62.3 Å². The number of carbonyl (C=O) groups is 1. The molecule has 3 aliphatic rings. The molecule has 1 amide bonds. The standard InChI is InChI=1S/C33H35FN8O3/c1-22(17-35)33(43)42-11-9-30(28(34)19-42)45-29-7-2-23(16-24(29)18-36)32-37-10-8-31(39-32)38-25-3-5-26(6-4-25)40-12-14-41(15-13-40)27-20-44-21-27/h2-8,10,16,22,27-28,30H,9,11-15,19-21H2,1H3,(H,37,38,39)/t22?,28-,30+/m1/s1. The van der Waals surface area contributed by atoms with E-state index in [0.717, 1.165) is 45.1 Å². The summed E-state index contributed by atoms with van der Waals surface area (Å²) in [5, 5.41) is 22.2. The van der Waals surface area contributed by atoms with Crippen molar-refractivity contribution in [2.24, 2.45) is 5.92 Å². The number of ether oxygens (including phenoxy) is 2. The number of halogens is 1. The minimum atomic E-state index is -1.45. The maximum atomic E-state index is 15.0. The Morgan fingerprint density at radius 3 is 2.53 bits per heavy atom. The van der Waals surface area contributed by atoms with E-state index in [4.69, 9.17) is 14.7 Å². The number of nitriles is 2. The summed E-state index contributed by atoms with van der Waals surface area (Å²) in [6.45, 7) is 7.39. The Balaban J connectivity index is 1.07. The molecule has 4 heterocycles. The van der Waals surface area contributed by atoms with E-state index in [9.17, 15) is 14.4 Å². The summed E-state index contributed by atoms with van der Waals surface area (Å²) in [4.78, 5) is 27.6. The molecule has 1 N–H and O–H groups in total. The smallest absolute Gasteiger partial charge is 0.239 e. The molecule has 45 heavy (non-hydrogen) atoms. The lowest BCUT2D eigenvalue weighted by Gasteiger charge is -2.43.